The van der Waals surface area contributed by atoms with Gasteiger partial charge in [-0.2, -0.15) is 0 Å². The summed E-state index contributed by atoms with van der Waals surface area (Å²) in [6.07, 6.45) is 5.19. The van der Waals surface area contributed by atoms with E-state index in [9.17, 15) is 5.11 Å². The molecule has 0 amide bonds. The minimum atomic E-state index is -0.251. The van der Waals surface area contributed by atoms with E-state index >= 15 is 0 Å². The van der Waals surface area contributed by atoms with Crippen LogP contribution in [0, 0.1) is 0 Å². The van der Waals surface area contributed by atoms with Crippen molar-refractivity contribution < 1.29 is 5.11 Å². The topological polar surface area (TPSA) is 32.3 Å². The molecule has 2 unspecified atom stereocenters. The van der Waals surface area contributed by atoms with E-state index in [2.05, 4.69) is 5.32 Å². The minimum absolute atomic E-state index is 0.141. The van der Waals surface area contributed by atoms with Crippen molar-refractivity contribution in [1.82, 2.24) is 0 Å². The SMILES string of the molecule is OC1CCCCCC1Nc1ccccc1Cl. The van der Waals surface area contributed by atoms with E-state index in [0.717, 1.165) is 30.0 Å². The van der Waals surface area contributed by atoms with E-state index in [-0.39, 0.29) is 12.1 Å². The first-order valence-corrected chi connectivity index (χ1v) is 6.34. The number of rotatable bonds is 2. The highest BCUT2D eigenvalue weighted by Crippen LogP contribution is 2.26. The third-order valence-electron chi connectivity index (χ3n) is 3.19. The number of halogens is 1. The Morgan fingerprint density at radius 3 is 2.69 bits per heavy atom. The number of para-hydroxylation sites is 1. The Bertz CT molecular complexity index is 342. The molecule has 1 aromatic carbocycles. The van der Waals surface area contributed by atoms with Crippen molar-refractivity contribution >= 4 is 17.3 Å². The molecule has 0 heterocycles. The minimum Gasteiger partial charge on any atom is -0.391 e. The van der Waals surface area contributed by atoms with Crippen LogP contribution in [0.1, 0.15) is 32.1 Å². The molecule has 3 heteroatoms. The molecule has 1 fully saturated rings. The van der Waals surface area contributed by atoms with Gasteiger partial charge >= 0.3 is 0 Å². The van der Waals surface area contributed by atoms with Crippen molar-refractivity contribution in [3.8, 4) is 0 Å². The van der Waals surface area contributed by atoms with Gasteiger partial charge in [0.15, 0.2) is 0 Å². The predicted octanol–water partition coefficient (Wildman–Crippen LogP) is 3.45. The van der Waals surface area contributed by atoms with Crippen LogP contribution < -0.4 is 5.32 Å². The van der Waals surface area contributed by atoms with E-state index in [1.54, 1.807) is 0 Å². The summed E-state index contributed by atoms with van der Waals surface area (Å²) in [5.74, 6) is 0. The van der Waals surface area contributed by atoms with Gasteiger partial charge in [-0.05, 0) is 25.0 Å². The summed E-state index contributed by atoms with van der Waals surface area (Å²) >= 11 is 6.09. The standard InChI is InChI=1S/C13H18ClNO/c14-10-6-4-5-7-11(10)15-12-8-2-1-3-9-13(12)16/h4-7,12-13,15-16H,1-3,8-9H2. The maximum atomic E-state index is 10.00. The van der Waals surface area contributed by atoms with Gasteiger partial charge in [0.25, 0.3) is 0 Å². The number of hydrogen-bond acceptors (Lipinski definition) is 2. The summed E-state index contributed by atoms with van der Waals surface area (Å²) in [4.78, 5) is 0. The van der Waals surface area contributed by atoms with Crippen LogP contribution >= 0.6 is 11.6 Å². The molecule has 0 bridgehead atoms. The van der Waals surface area contributed by atoms with Gasteiger partial charge < -0.3 is 10.4 Å². The molecule has 2 rings (SSSR count). The highest BCUT2D eigenvalue weighted by atomic mass is 35.5. The number of anilines is 1. The Hall–Kier alpha value is -0.730. The third kappa shape index (κ3) is 2.89. The Morgan fingerprint density at radius 1 is 1.12 bits per heavy atom. The summed E-state index contributed by atoms with van der Waals surface area (Å²) in [6.45, 7) is 0. The Kier molecular flexibility index (Phi) is 4.08. The number of nitrogens with one attached hydrogen (secondary N) is 1. The van der Waals surface area contributed by atoms with E-state index in [4.69, 9.17) is 11.6 Å². The average molecular weight is 240 g/mol. The fourth-order valence-electron chi connectivity index (χ4n) is 2.23. The Labute approximate surface area is 102 Å². The zero-order valence-electron chi connectivity index (χ0n) is 9.32. The number of aliphatic hydroxyl groups excluding tert-OH is 1. The second-order valence-electron chi connectivity index (χ2n) is 4.44. The maximum absolute atomic E-state index is 10.00. The molecule has 0 spiro atoms. The lowest BCUT2D eigenvalue weighted by molar-refractivity contribution is 0.144. The first-order chi connectivity index (χ1) is 7.77. The molecule has 0 aromatic heterocycles. The van der Waals surface area contributed by atoms with Gasteiger partial charge in [-0.25, -0.2) is 0 Å². The third-order valence-corrected chi connectivity index (χ3v) is 3.52. The molecule has 16 heavy (non-hydrogen) atoms. The number of aliphatic hydroxyl groups is 1. The molecule has 1 aliphatic rings. The van der Waals surface area contributed by atoms with Gasteiger partial charge in [-0.3, -0.25) is 0 Å². The fraction of sp³-hybridized carbons (Fsp3) is 0.538. The second-order valence-corrected chi connectivity index (χ2v) is 4.84. The van der Waals surface area contributed by atoms with Gasteiger partial charge in [-0.1, -0.05) is 43.0 Å². The lowest BCUT2D eigenvalue weighted by atomic mass is 10.1. The molecule has 0 aliphatic heterocycles. The maximum Gasteiger partial charge on any atom is 0.0741 e. The van der Waals surface area contributed by atoms with Crippen molar-refractivity contribution in [2.75, 3.05) is 5.32 Å². The fourth-order valence-corrected chi connectivity index (χ4v) is 2.42. The number of hydrogen-bond donors (Lipinski definition) is 2. The van der Waals surface area contributed by atoms with Gasteiger partial charge in [0.05, 0.1) is 22.9 Å². The molecule has 1 aromatic rings. The monoisotopic (exact) mass is 239 g/mol. The van der Waals surface area contributed by atoms with Crippen LogP contribution in [0.2, 0.25) is 5.02 Å². The van der Waals surface area contributed by atoms with Crippen molar-refractivity contribution in [3.63, 3.8) is 0 Å². The van der Waals surface area contributed by atoms with Crippen LogP contribution in [-0.2, 0) is 0 Å². The lowest BCUT2D eigenvalue weighted by Gasteiger charge is -2.23. The second kappa shape index (κ2) is 5.55. The first-order valence-electron chi connectivity index (χ1n) is 5.96. The summed E-state index contributed by atoms with van der Waals surface area (Å²) in [7, 11) is 0. The van der Waals surface area contributed by atoms with Crippen LogP contribution in [0.5, 0.6) is 0 Å². The number of benzene rings is 1. The molecule has 2 atom stereocenters. The van der Waals surface area contributed by atoms with Crippen LogP contribution in [0.15, 0.2) is 24.3 Å². The molecule has 0 saturated heterocycles. The van der Waals surface area contributed by atoms with Gasteiger partial charge in [-0.15, -0.1) is 0 Å². The average Bonchev–Trinajstić information content (AvgIpc) is 2.48. The molecule has 2 nitrogen and oxygen atoms in total. The van der Waals surface area contributed by atoms with Gasteiger partial charge in [0, 0.05) is 0 Å². The summed E-state index contributed by atoms with van der Waals surface area (Å²) in [5, 5.41) is 14.1. The molecule has 0 radical (unpaired) electrons. The molecule has 2 N–H and O–H groups in total. The van der Waals surface area contributed by atoms with Crippen molar-refractivity contribution in [2.45, 2.75) is 44.2 Å². The highest BCUT2D eigenvalue weighted by Gasteiger charge is 2.21. The first kappa shape index (κ1) is 11.7. The smallest absolute Gasteiger partial charge is 0.0741 e. The summed E-state index contributed by atoms with van der Waals surface area (Å²) < 4.78 is 0. The Balaban J connectivity index is 2.05. The van der Waals surface area contributed by atoms with Gasteiger partial charge in [0.2, 0.25) is 0 Å². The molecular weight excluding hydrogens is 222 g/mol. The molecule has 88 valence electrons. The normalized spacial score (nSPS) is 26.1. The van der Waals surface area contributed by atoms with Crippen LogP contribution in [0.4, 0.5) is 5.69 Å². The van der Waals surface area contributed by atoms with Crippen molar-refractivity contribution in [1.29, 1.82) is 0 Å². The largest absolute Gasteiger partial charge is 0.391 e. The molecule has 1 saturated carbocycles. The van der Waals surface area contributed by atoms with E-state index in [0.29, 0.717) is 0 Å². The van der Waals surface area contributed by atoms with Crippen LogP contribution in [-0.4, -0.2) is 17.3 Å². The van der Waals surface area contributed by atoms with E-state index in [1.165, 1.54) is 12.8 Å². The van der Waals surface area contributed by atoms with Crippen LogP contribution in [0.25, 0.3) is 0 Å². The van der Waals surface area contributed by atoms with Gasteiger partial charge in [0.1, 0.15) is 0 Å². The Morgan fingerprint density at radius 2 is 1.88 bits per heavy atom. The van der Waals surface area contributed by atoms with Crippen molar-refractivity contribution in [2.24, 2.45) is 0 Å². The van der Waals surface area contributed by atoms with Crippen molar-refractivity contribution in [3.05, 3.63) is 29.3 Å². The van der Waals surface area contributed by atoms with E-state index < -0.39 is 0 Å². The summed E-state index contributed by atoms with van der Waals surface area (Å²) in [6, 6.07) is 7.84. The molecule has 1 aliphatic carbocycles. The zero-order valence-corrected chi connectivity index (χ0v) is 10.1. The predicted molar refractivity (Wildman–Crippen MR) is 68.0 cm³/mol. The lowest BCUT2D eigenvalue weighted by Crippen LogP contribution is -2.32. The quantitative estimate of drug-likeness (QED) is 0.775. The zero-order chi connectivity index (χ0) is 11.4. The molecular formula is C13H18ClNO. The highest BCUT2D eigenvalue weighted by molar-refractivity contribution is 6.33. The summed E-state index contributed by atoms with van der Waals surface area (Å²) in [5.41, 5.74) is 0.926. The van der Waals surface area contributed by atoms with Crippen LogP contribution in [0.3, 0.4) is 0 Å². The van der Waals surface area contributed by atoms with E-state index in [1.807, 2.05) is 24.3 Å².